The lowest BCUT2D eigenvalue weighted by atomic mass is 9.98. The van der Waals surface area contributed by atoms with Gasteiger partial charge in [-0.05, 0) is 49.4 Å². The summed E-state index contributed by atoms with van der Waals surface area (Å²) in [6.07, 6.45) is 0.730. The van der Waals surface area contributed by atoms with Crippen LogP contribution in [0.2, 0.25) is 10.0 Å². The molecule has 2 rings (SSSR count). The molecular formula is C16H16BrCl2NO. The predicted molar refractivity (Wildman–Crippen MR) is 92.7 cm³/mol. The van der Waals surface area contributed by atoms with Crippen molar-refractivity contribution in [3.63, 3.8) is 0 Å². The van der Waals surface area contributed by atoms with Crippen LogP contribution in [0.3, 0.4) is 0 Å². The van der Waals surface area contributed by atoms with E-state index in [0.29, 0.717) is 5.02 Å². The molecule has 0 spiro atoms. The van der Waals surface area contributed by atoms with Crippen molar-refractivity contribution >= 4 is 39.1 Å². The van der Waals surface area contributed by atoms with E-state index < -0.39 is 0 Å². The van der Waals surface area contributed by atoms with Gasteiger partial charge in [-0.25, -0.2) is 0 Å². The number of rotatable bonds is 5. The second kappa shape index (κ2) is 7.50. The fourth-order valence-corrected chi connectivity index (χ4v) is 2.99. The van der Waals surface area contributed by atoms with Crippen LogP contribution in [0.15, 0.2) is 40.9 Å². The summed E-state index contributed by atoms with van der Waals surface area (Å²) in [5, 5.41) is 4.72. The third-order valence-electron chi connectivity index (χ3n) is 3.35. The minimum absolute atomic E-state index is 0.0871. The van der Waals surface area contributed by atoms with E-state index in [9.17, 15) is 0 Å². The molecule has 21 heavy (non-hydrogen) atoms. The summed E-state index contributed by atoms with van der Waals surface area (Å²) in [6.45, 7) is 0. The van der Waals surface area contributed by atoms with E-state index in [4.69, 9.17) is 27.9 Å². The number of ether oxygens (including phenoxy) is 1. The highest BCUT2D eigenvalue weighted by Crippen LogP contribution is 2.32. The molecule has 0 aromatic heterocycles. The first-order valence-corrected chi connectivity index (χ1v) is 8.04. The van der Waals surface area contributed by atoms with Crippen molar-refractivity contribution in [1.82, 2.24) is 5.32 Å². The number of nitrogens with one attached hydrogen (secondary N) is 1. The van der Waals surface area contributed by atoms with Gasteiger partial charge in [-0.15, -0.1) is 0 Å². The Morgan fingerprint density at radius 1 is 1.19 bits per heavy atom. The third kappa shape index (κ3) is 4.13. The largest absolute Gasteiger partial charge is 0.496 e. The minimum Gasteiger partial charge on any atom is -0.496 e. The number of halogens is 3. The Balaban J connectivity index is 2.34. The second-order valence-electron chi connectivity index (χ2n) is 4.67. The van der Waals surface area contributed by atoms with Gasteiger partial charge in [-0.3, -0.25) is 0 Å². The zero-order chi connectivity index (χ0) is 15.4. The van der Waals surface area contributed by atoms with Crippen LogP contribution >= 0.6 is 39.1 Å². The topological polar surface area (TPSA) is 21.3 Å². The number of methoxy groups -OCH3 is 1. The van der Waals surface area contributed by atoms with Gasteiger partial charge < -0.3 is 10.1 Å². The molecule has 2 aromatic rings. The molecule has 1 N–H and O–H groups in total. The van der Waals surface area contributed by atoms with E-state index in [-0.39, 0.29) is 6.04 Å². The highest BCUT2D eigenvalue weighted by atomic mass is 79.9. The van der Waals surface area contributed by atoms with Gasteiger partial charge in [0.1, 0.15) is 5.75 Å². The first-order valence-electron chi connectivity index (χ1n) is 6.49. The van der Waals surface area contributed by atoms with Crippen LogP contribution in [0.4, 0.5) is 0 Å². The summed E-state index contributed by atoms with van der Waals surface area (Å²) < 4.78 is 6.46. The maximum Gasteiger partial charge on any atom is 0.124 e. The van der Waals surface area contributed by atoms with Crippen LogP contribution in [0, 0.1) is 0 Å². The van der Waals surface area contributed by atoms with Gasteiger partial charge >= 0.3 is 0 Å². The Morgan fingerprint density at radius 2 is 1.95 bits per heavy atom. The lowest BCUT2D eigenvalue weighted by molar-refractivity contribution is 0.401. The molecule has 1 atom stereocenters. The highest BCUT2D eigenvalue weighted by molar-refractivity contribution is 9.10. The molecule has 0 aliphatic carbocycles. The average molecular weight is 389 g/mol. The van der Waals surface area contributed by atoms with Gasteiger partial charge in [-0.2, -0.15) is 0 Å². The smallest absolute Gasteiger partial charge is 0.124 e. The molecule has 0 aliphatic heterocycles. The van der Waals surface area contributed by atoms with Crippen LogP contribution in [0.25, 0.3) is 0 Å². The number of hydrogen-bond donors (Lipinski definition) is 1. The van der Waals surface area contributed by atoms with Crippen molar-refractivity contribution in [2.45, 2.75) is 12.5 Å². The molecule has 0 aliphatic rings. The van der Waals surface area contributed by atoms with Crippen molar-refractivity contribution in [3.05, 3.63) is 62.0 Å². The molecule has 0 saturated heterocycles. The van der Waals surface area contributed by atoms with Crippen LogP contribution < -0.4 is 10.1 Å². The second-order valence-corrected chi connectivity index (χ2v) is 6.43. The summed E-state index contributed by atoms with van der Waals surface area (Å²) >= 11 is 15.8. The van der Waals surface area contributed by atoms with Crippen molar-refractivity contribution in [2.75, 3.05) is 14.2 Å². The molecule has 0 radical (unpaired) electrons. The SMILES string of the molecule is CNC(Cc1cc(Cl)ccc1Cl)c1ccc(Br)cc1OC. The summed E-state index contributed by atoms with van der Waals surface area (Å²) in [6, 6.07) is 11.6. The van der Waals surface area contributed by atoms with Gasteiger partial charge in [-0.1, -0.05) is 45.2 Å². The molecule has 1 unspecified atom stereocenters. The van der Waals surface area contributed by atoms with E-state index in [1.54, 1.807) is 13.2 Å². The Kier molecular flexibility index (Phi) is 5.94. The zero-order valence-electron chi connectivity index (χ0n) is 11.8. The predicted octanol–water partition coefficient (Wildman–Crippen LogP) is 5.27. The quantitative estimate of drug-likeness (QED) is 0.753. The lowest BCUT2D eigenvalue weighted by Crippen LogP contribution is -2.19. The van der Waals surface area contributed by atoms with Gasteiger partial charge in [0.2, 0.25) is 0 Å². The van der Waals surface area contributed by atoms with Crippen molar-refractivity contribution in [3.8, 4) is 5.75 Å². The van der Waals surface area contributed by atoms with Gasteiger partial charge in [0, 0.05) is 26.1 Å². The van der Waals surface area contributed by atoms with Crippen molar-refractivity contribution < 1.29 is 4.74 Å². The lowest BCUT2D eigenvalue weighted by Gasteiger charge is -2.20. The maximum absolute atomic E-state index is 6.26. The fourth-order valence-electron chi connectivity index (χ4n) is 2.26. The van der Waals surface area contributed by atoms with E-state index in [0.717, 1.165) is 32.8 Å². The Labute approximate surface area is 143 Å². The van der Waals surface area contributed by atoms with E-state index in [1.807, 2.05) is 37.4 Å². The van der Waals surface area contributed by atoms with Crippen LogP contribution in [-0.4, -0.2) is 14.2 Å². The molecule has 0 fully saturated rings. The van der Waals surface area contributed by atoms with Crippen molar-refractivity contribution in [1.29, 1.82) is 0 Å². The first kappa shape index (κ1) is 16.6. The summed E-state index contributed by atoms with van der Waals surface area (Å²) in [5.74, 6) is 0.835. The Bertz CT molecular complexity index is 634. The van der Waals surface area contributed by atoms with E-state index in [2.05, 4.69) is 21.2 Å². The zero-order valence-corrected chi connectivity index (χ0v) is 14.9. The van der Waals surface area contributed by atoms with E-state index in [1.165, 1.54) is 0 Å². The Hall–Kier alpha value is -0.740. The van der Waals surface area contributed by atoms with Crippen molar-refractivity contribution in [2.24, 2.45) is 0 Å². The molecule has 5 heteroatoms. The summed E-state index contributed by atoms with van der Waals surface area (Å²) in [4.78, 5) is 0. The molecule has 2 nitrogen and oxygen atoms in total. The van der Waals surface area contributed by atoms with Gasteiger partial charge in [0.25, 0.3) is 0 Å². The first-order chi connectivity index (χ1) is 10.0. The minimum atomic E-state index is 0.0871. The molecule has 0 heterocycles. The molecule has 0 amide bonds. The molecule has 0 saturated carbocycles. The van der Waals surface area contributed by atoms with Crippen LogP contribution in [-0.2, 0) is 6.42 Å². The third-order valence-corrected chi connectivity index (χ3v) is 4.45. The number of benzene rings is 2. The standard InChI is InChI=1S/C16H16BrCl2NO/c1-20-15(8-10-7-12(18)4-6-14(10)19)13-5-3-11(17)9-16(13)21-2/h3-7,9,15,20H,8H2,1-2H3. The molecule has 2 aromatic carbocycles. The number of likely N-dealkylation sites (N-methyl/N-ethyl adjacent to an activating group) is 1. The average Bonchev–Trinajstić information content (AvgIpc) is 2.48. The molecule has 112 valence electrons. The van der Waals surface area contributed by atoms with Gasteiger partial charge in [0.05, 0.1) is 7.11 Å². The Morgan fingerprint density at radius 3 is 2.62 bits per heavy atom. The summed E-state index contributed by atoms with van der Waals surface area (Å²) in [5.41, 5.74) is 2.09. The van der Waals surface area contributed by atoms with Crippen LogP contribution in [0.1, 0.15) is 17.2 Å². The highest BCUT2D eigenvalue weighted by Gasteiger charge is 2.17. The van der Waals surface area contributed by atoms with Gasteiger partial charge in [0.15, 0.2) is 0 Å². The molecular weight excluding hydrogens is 373 g/mol. The maximum atomic E-state index is 6.26. The van der Waals surface area contributed by atoms with E-state index >= 15 is 0 Å². The van der Waals surface area contributed by atoms with Crippen LogP contribution in [0.5, 0.6) is 5.75 Å². The molecule has 0 bridgehead atoms. The summed E-state index contributed by atoms with van der Waals surface area (Å²) in [7, 11) is 3.59. The number of hydrogen-bond acceptors (Lipinski definition) is 2. The monoisotopic (exact) mass is 387 g/mol. The fraction of sp³-hybridized carbons (Fsp3) is 0.250. The normalized spacial score (nSPS) is 12.2.